The van der Waals surface area contributed by atoms with Crippen LogP contribution in [-0.4, -0.2) is 53.9 Å². The van der Waals surface area contributed by atoms with Crippen molar-refractivity contribution >= 4 is 41.0 Å². The molecular weight excluding hydrogens is 569 g/mol. The molecule has 0 fully saturated rings. The first-order chi connectivity index (χ1) is 20.0. The summed E-state index contributed by atoms with van der Waals surface area (Å²) in [6.07, 6.45) is 0.185. The van der Waals surface area contributed by atoms with Crippen LogP contribution in [0.15, 0.2) is 65.7 Å². The highest BCUT2D eigenvalue weighted by molar-refractivity contribution is 6.30. The van der Waals surface area contributed by atoms with Gasteiger partial charge in [-0.05, 0) is 79.1 Å². The zero-order valence-corrected chi connectivity index (χ0v) is 23.5. The number of aromatic carboxylic acids is 1. The summed E-state index contributed by atoms with van der Waals surface area (Å²) in [6.45, 7) is 1.45. The van der Waals surface area contributed by atoms with Crippen molar-refractivity contribution in [3.8, 4) is 11.5 Å². The predicted octanol–water partition coefficient (Wildman–Crippen LogP) is 4.22. The first-order valence-corrected chi connectivity index (χ1v) is 13.2. The number of anilines is 1. The van der Waals surface area contributed by atoms with Gasteiger partial charge in [0.15, 0.2) is 11.6 Å². The summed E-state index contributed by atoms with van der Waals surface area (Å²) in [5.74, 6) is -1.84. The average Bonchev–Trinajstić information content (AvgIpc) is 3.11. The minimum atomic E-state index is -1.17. The van der Waals surface area contributed by atoms with Gasteiger partial charge in [0.1, 0.15) is 11.6 Å². The maximum atomic E-state index is 13.7. The van der Waals surface area contributed by atoms with E-state index in [4.69, 9.17) is 26.9 Å². The Labute approximate surface area is 246 Å². The number of imide groups is 1. The van der Waals surface area contributed by atoms with Gasteiger partial charge in [-0.15, -0.1) is 0 Å². The van der Waals surface area contributed by atoms with E-state index in [0.29, 0.717) is 27.6 Å². The lowest BCUT2D eigenvalue weighted by Gasteiger charge is -2.26. The lowest BCUT2D eigenvalue weighted by atomic mass is 9.97. The number of nitrogen functional groups attached to an aromatic ring is 1. The summed E-state index contributed by atoms with van der Waals surface area (Å²) in [6, 6.07) is 13.3. The molecule has 0 aromatic heterocycles. The van der Waals surface area contributed by atoms with Crippen molar-refractivity contribution in [3.05, 3.63) is 88.2 Å². The Kier molecular flexibility index (Phi) is 9.48. The zero-order valence-electron chi connectivity index (χ0n) is 22.8. The third-order valence-electron chi connectivity index (χ3n) is 6.63. The van der Waals surface area contributed by atoms with Crippen LogP contribution in [0.4, 0.5) is 14.9 Å². The van der Waals surface area contributed by atoms with E-state index in [1.54, 1.807) is 25.1 Å². The first kappa shape index (κ1) is 30.1. The number of hydroxylamine groups is 1. The van der Waals surface area contributed by atoms with Gasteiger partial charge in [0.2, 0.25) is 5.91 Å². The normalized spacial score (nSPS) is 15.7. The molecule has 1 aliphatic rings. The van der Waals surface area contributed by atoms with E-state index < -0.39 is 35.7 Å². The van der Waals surface area contributed by atoms with Crippen molar-refractivity contribution in [1.82, 2.24) is 15.7 Å². The number of amides is 3. The molecule has 2 atom stereocenters. The number of nitrogens with two attached hydrogens (primary N) is 1. The minimum absolute atomic E-state index is 0.0239. The third-order valence-corrected chi connectivity index (χ3v) is 6.86. The minimum Gasteiger partial charge on any atom is -0.496 e. The van der Waals surface area contributed by atoms with Crippen molar-refractivity contribution in [3.63, 3.8) is 0 Å². The summed E-state index contributed by atoms with van der Waals surface area (Å²) >= 11 is 6.19. The van der Waals surface area contributed by atoms with Crippen molar-refractivity contribution in [1.29, 1.82) is 0 Å². The Morgan fingerprint density at radius 1 is 1.19 bits per heavy atom. The predicted molar refractivity (Wildman–Crippen MR) is 154 cm³/mol. The number of ether oxygens (including phenoxy) is 1. The van der Waals surface area contributed by atoms with Gasteiger partial charge in [-0.3, -0.25) is 14.7 Å². The number of amidine groups is 1. The van der Waals surface area contributed by atoms with Crippen molar-refractivity contribution in [2.75, 3.05) is 25.9 Å². The fourth-order valence-electron chi connectivity index (χ4n) is 4.37. The molecule has 0 radical (unpaired) electrons. The van der Waals surface area contributed by atoms with Crippen LogP contribution in [0.2, 0.25) is 5.02 Å². The van der Waals surface area contributed by atoms with Crippen LogP contribution in [0.3, 0.4) is 0 Å². The van der Waals surface area contributed by atoms with Crippen molar-refractivity contribution < 1.29 is 33.5 Å². The fourth-order valence-corrected chi connectivity index (χ4v) is 4.56. The molecule has 0 bridgehead atoms. The monoisotopic (exact) mass is 597 g/mol. The molecule has 3 aromatic carbocycles. The largest absolute Gasteiger partial charge is 0.496 e. The van der Waals surface area contributed by atoms with E-state index in [9.17, 15) is 23.9 Å². The number of halogens is 2. The molecule has 1 aliphatic heterocycles. The molecule has 220 valence electrons. The van der Waals surface area contributed by atoms with Crippen LogP contribution < -0.4 is 26.1 Å². The molecule has 3 aromatic rings. The summed E-state index contributed by atoms with van der Waals surface area (Å²) in [5, 5.41) is 12.5. The Hall–Kier alpha value is -4.84. The maximum Gasteiger partial charge on any atom is 0.337 e. The zero-order chi connectivity index (χ0) is 30.4. The van der Waals surface area contributed by atoms with E-state index in [1.165, 1.54) is 49.6 Å². The van der Waals surface area contributed by atoms with E-state index >= 15 is 0 Å². The molecule has 0 unspecified atom stereocenters. The van der Waals surface area contributed by atoms with Crippen LogP contribution in [0.5, 0.6) is 11.5 Å². The van der Waals surface area contributed by atoms with Crippen LogP contribution in [-0.2, 0) is 11.2 Å². The Morgan fingerprint density at radius 3 is 2.60 bits per heavy atom. The number of aliphatic imine (C=N–C) groups is 1. The molecule has 11 nitrogen and oxygen atoms in total. The van der Waals surface area contributed by atoms with E-state index in [2.05, 4.69) is 15.8 Å². The van der Waals surface area contributed by atoms with Crippen LogP contribution in [0.25, 0.3) is 0 Å². The number of hydrogen-bond donors (Lipinski definition) is 4. The molecule has 0 spiro atoms. The molecule has 4 rings (SSSR count). The molecule has 3 amide bonds. The fraction of sp³-hybridized carbons (Fsp3) is 0.241. The second-order valence-corrected chi connectivity index (χ2v) is 9.99. The van der Waals surface area contributed by atoms with Gasteiger partial charge < -0.3 is 25.7 Å². The number of hydrogen-bond acceptors (Lipinski definition) is 8. The number of carbonyl (C=O) groups is 3. The van der Waals surface area contributed by atoms with Gasteiger partial charge in [0.25, 0.3) is 0 Å². The quantitative estimate of drug-likeness (QED) is 0.222. The second kappa shape index (κ2) is 13.2. The molecule has 0 aliphatic carbocycles. The topological polar surface area (TPSA) is 156 Å². The number of carboxylic acids is 1. The number of rotatable bonds is 8. The van der Waals surface area contributed by atoms with E-state index in [1.807, 2.05) is 0 Å². The summed E-state index contributed by atoms with van der Waals surface area (Å²) < 4.78 is 18.7. The first-order valence-electron chi connectivity index (χ1n) is 12.8. The second-order valence-electron chi connectivity index (χ2n) is 9.55. The summed E-state index contributed by atoms with van der Waals surface area (Å²) in [4.78, 5) is 49.6. The Balaban J connectivity index is 1.57. The Morgan fingerprint density at radius 2 is 1.93 bits per heavy atom. The molecule has 5 N–H and O–H groups in total. The van der Waals surface area contributed by atoms with Gasteiger partial charge in [0.05, 0.1) is 37.7 Å². The Bertz CT molecular complexity index is 1520. The highest BCUT2D eigenvalue weighted by Crippen LogP contribution is 2.27. The van der Waals surface area contributed by atoms with Crippen LogP contribution in [0.1, 0.15) is 34.5 Å². The van der Waals surface area contributed by atoms with Gasteiger partial charge in [-0.25, -0.2) is 19.5 Å². The highest BCUT2D eigenvalue weighted by Gasteiger charge is 2.34. The standard InChI is InChI=1S/C29H29ClFN5O6/c1-16(17-3-9-23(28(38)39)24(32)13-17)34-29(40)36-15-26(35-42-22-7-5-21(31)6-8-22)33-14-19(27(36)37)11-18-12-20(30)4-10-25(18)41-2/h3-10,12-13,16,19H,11,14-15,32H2,1-2H3,(H,33,35)(H,34,40)(H,38,39)/t16-,19-/m1/s1. The molecule has 13 heteroatoms. The van der Waals surface area contributed by atoms with Crippen molar-refractivity contribution in [2.45, 2.75) is 19.4 Å². The lowest BCUT2D eigenvalue weighted by molar-refractivity contribution is -0.131. The number of carbonyl (C=O) groups excluding carboxylic acids is 2. The number of nitrogens with one attached hydrogen (secondary N) is 2. The smallest absolute Gasteiger partial charge is 0.337 e. The van der Waals surface area contributed by atoms with Gasteiger partial charge in [0, 0.05) is 10.7 Å². The van der Waals surface area contributed by atoms with Gasteiger partial charge in [-0.1, -0.05) is 17.7 Å². The maximum absolute atomic E-state index is 13.7. The van der Waals surface area contributed by atoms with E-state index in [0.717, 1.165) is 4.90 Å². The van der Waals surface area contributed by atoms with Gasteiger partial charge in [-0.2, -0.15) is 0 Å². The molecular formula is C29H29ClFN5O6. The van der Waals surface area contributed by atoms with Crippen LogP contribution in [0, 0.1) is 11.7 Å². The number of methoxy groups -OCH3 is 1. The molecule has 42 heavy (non-hydrogen) atoms. The van der Waals surface area contributed by atoms with Crippen molar-refractivity contribution in [2.24, 2.45) is 10.9 Å². The highest BCUT2D eigenvalue weighted by atomic mass is 35.5. The molecule has 0 saturated heterocycles. The SMILES string of the molecule is COc1ccc(Cl)cc1C[C@@H]1CN=C(NOc2ccc(F)cc2)CN(C(=O)N[C@H](C)c2ccc(C(=O)O)c(N)c2)C1=O. The summed E-state index contributed by atoms with van der Waals surface area (Å²) in [5.41, 5.74) is 9.72. The number of nitrogens with zero attached hydrogens (tertiary/aromatic N) is 2. The number of carboxylic acid groups (broad SMARTS) is 1. The lowest BCUT2D eigenvalue weighted by Crippen LogP contribution is -2.50. The van der Waals surface area contributed by atoms with Crippen LogP contribution >= 0.6 is 11.6 Å². The molecule has 1 heterocycles. The number of benzene rings is 3. The third kappa shape index (κ3) is 7.26. The summed E-state index contributed by atoms with van der Waals surface area (Å²) in [7, 11) is 1.51. The molecule has 0 saturated carbocycles. The average molecular weight is 598 g/mol. The number of urea groups is 1. The van der Waals surface area contributed by atoms with E-state index in [-0.39, 0.29) is 36.6 Å². The van der Waals surface area contributed by atoms with Gasteiger partial charge >= 0.3 is 12.0 Å².